The summed E-state index contributed by atoms with van der Waals surface area (Å²) < 4.78 is 0. The minimum atomic E-state index is 0.767. The van der Waals surface area contributed by atoms with E-state index in [2.05, 4.69) is 41.8 Å². The number of nitrogens with one attached hydrogen (secondary N) is 1. The summed E-state index contributed by atoms with van der Waals surface area (Å²) in [6.07, 6.45) is 5.45. The summed E-state index contributed by atoms with van der Waals surface area (Å²) in [7, 11) is 4.30. The standard InChI is InChI=1S/C13H22N2S/c1-14-12-7-5-11(6-8-12)10-15(2)13-4-3-9-16-13/h3-4,9,11-12,14H,5-8,10H2,1-2H3. The molecule has 3 heteroatoms. The van der Waals surface area contributed by atoms with E-state index >= 15 is 0 Å². The Bertz CT molecular complexity index is 289. The van der Waals surface area contributed by atoms with Gasteiger partial charge >= 0.3 is 0 Å². The molecule has 16 heavy (non-hydrogen) atoms. The molecule has 1 fully saturated rings. The van der Waals surface area contributed by atoms with Gasteiger partial charge in [0.2, 0.25) is 0 Å². The molecular formula is C13H22N2S. The average Bonchev–Trinajstić information content (AvgIpc) is 2.83. The van der Waals surface area contributed by atoms with Gasteiger partial charge in [-0.3, -0.25) is 0 Å². The van der Waals surface area contributed by atoms with Gasteiger partial charge in [0, 0.05) is 19.6 Å². The Morgan fingerprint density at radius 1 is 1.38 bits per heavy atom. The lowest BCUT2D eigenvalue weighted by molar-refractivity contribution is 0.305. The number of anilines is 1. The van der Waals surface area contributed by atoms with Crippen LogP contribution in [0.1, 0.15) is 25.7 Å². The van der Waals surface area contributed by atoms with Gasteiger partial charge in [-0.25, -0.2) is 0 Å². The maximum absolute atomic E-state index is 3.39. The number of nitrogens with zero attached hydrogens (tertiary/aromatic N) is 1. The molecule has 1 aliphatic carbocycles. The predicted octanol–water partition coefficient (Wildman–Crippen LogP) is 2.96. The Balaban J connectivity index is 1.78. The SMILES string of the molecule is CNC1CCC(CN(C)c2cccs2)CC1. The molecule has 2 rings (SSSR count). The molecule has 0 amide bonds. The summed E-state index contributed by atoms with van der Waals surface area (Å²) in [5.74, 6) is 0.886. The summed E-state index contributed by atoms with van der Waals surface area (Å²) in [6.45, 7) is 1.22. The monoisotopic (exact) mass is 238 g/mol. The van der Waals surface area contributed by atoms with Crippen molar-refractivity contribution in [1.29, 1.82) is 0 Å². The first-order valence-electron chi connectivity index (χ1n) is 6.21. The predicted molar refractivity (Wildman–Crippen MR) is 72.4 cm³/mol. The van der Waals surface area contributed by atoms with Crippen LogP contribution in [0.2, 0.25) is 0 Å². The second-order valence-corrected chi connectivity index (χ2v) is 5.76. The van der Waals surface area contributed by atoms with Gasteiger partial charge < -0.3 is 10.2 Å². The van der Waals surface area contributed by atoms with Crippen molar-refractivity contribution in [1.82, 2.24) is 5.32 Å². The largest absolute Gasteiger partial charge is 0.366 e. The molecule has 0 unspecified atom stereocenters. The summed E-state index contributed by atoms with van der Waals surface area (Å²) in [5.41, 5.74) is 0. The van der Waals surface area contributed by atoms with E-state index in [0.717, 1.165) is 12.0 Å². The maximum Gasteiger partial charge on any atom is 0.0905 e. The van der Waals surface area contributed by atoms with Gasteiger partial charge in [0.05, 0.1) is 5.00 Å². The fraction of sp³-hybridized carbons (Fsp3) is 0.692. The lowest BCUT2D eigenvalue weighted by Gasteiger charge is -2.31. The summed E-state index contributed by atoms with van der Waals surface area (Å²) in [5, 5.41) is 6.95. The zero-order chi connectivity index (χ0) is 11.4. The molecule has 1 heterocycles. The topological polar surface area (TPSA) is 15.3 Å². The zero-order valence-electron chi connectivity index (χ0n) is 10.3. The van der Waals surface area contributed by atoms with Crippen molar-refractivity contribution in [2.75, 3.05) is 25.5 Å². The maximum atomic E-state index is 3.39. The Morgan fingerprint density at radius 3 is 2.69 bits per heavy atom. The van der Waals surface area contributed by atoms with Gasteiger partial charge in [-0.2, -0.15) is 0 Å². The number of hydrogen-bond acceptors (Lipinski definition) is 3. The fourth-order valence-corrected chi connectivity index (χ4v) is 3.31. The summed E-state index contributed by atoms with van der Waals surface area (Å²) in [6, 6.07) is 5.11. The first-order valence-corrected chi connectivity index (χ1v) is 7.09. The Kier molecular flexibility index (Phi) is 4.24. The average molecular weight is 238 g/mol. The molecule has 0 bridgehead atoms. The van der Waals surface area contributed by atoms with Crippen LogP contribution in [0.5, 0.6) is 0 Å². The van der Waals surface area contributed by atoms with E-state index in [-0.39, 0.29) is 0 Å². The van der Waals surface area contributed by atoms with E-state index in [9.17, 15) is 0 Å². The van der Waals surface area contributed by atoms with Crippen LogP contribution in [0.25, 0.3) is 0 Å². The lowest BCUT2D eigenvalue weighted by atomic mass is 9.86. The Morgan fingerprint density at radius 2 is 2.12 bits per heavy atom. The van der Waals surface area contributed by atoms with Gasteiger partial charge in [0.25, 0.3) is 0 Å². The molecule has 90 valence electrons. The van der Waals surface area contributed by atoms with Crippen molar-refractivity contribution in [3.05, 3.63) is 17.5 Å². The molecule has 0 radical (unpaired) electrons. The minimum absolute atomic E-state index is 0.767. The quantitative estimate of drug-likeness (QED) is 0.867. The van der Waals surface area contributed by atoms with Gasteiger partial charge in [-0.15, -0.1) is 11.3 Å². The molecule has 0 atom stereocenters. The fourth-order valence-electron chi connectivity index (χ4n) is 2.60. The highest BCUT2D eigenvalue weighted by atomic mass is 32.1. The number of thiophene rings is 1. The van der Waals surface area contributed by atoms with Gasteiger partial charge in [-0.05, 0) is 56.2 Å². The highest BCUT2D eigenvalue weighted by Crippen LogP contribution is 2.27. The van der Waals surface area contributed by atoms with Crippen molar-refractivity contribution >= 4 is 16.3 Å². The zero-order valence-corrected chi connectivity index (χ0v) is 11.1. The van der Waals surface area contributed by atoms with Crippen LogP contribution in [0.3, 0.4) is 0 Å². The minimum Gasteiger partial charge on any atom is -0.366 e. The van der Waals surface area contributed by atoms with Crippen LogP contribution in [-0.4, -0.2) is 26.7 Å². The lowest BCUT2D eigenvalue weighted by Crippen LogP contribution is -2.34. The van der Waals surface area contributed by atoms with Crippen LogP contribution in [0, 0.1) is 5.92 Å². The van der Waals surface area contributed by atoms with E-state index < -0.39 is 0 Å². The molecule has 2 nitrogen and oxygen atoms in total. The first kappa shape index (κ1) is 11.9. The number of rotatable bonds is 4. The summed E-state index contributed by atoms with van der Waals surface area (Å²) in [4.78, 5) is 2.41. The van der Waals surface area contributed by atoms with E-state index in [1.807, 2.05) is 11.3 Å². The molecule has 1 saturated carbocycles. The van der Waals surface area contributed by atoms with E-state index in [1.54, 1.807) is 0 Å². The van der Waals surface area contributed by atoms with Crippen molar-refractivity contribution in [2.45, 2.75) is 31.7 Å². The first-order chi connectivity index (χ1) is 7.79. The van der Waals surface area contributed by atoms with Crippen LogP contribution < -0.4 is 10.2 Å². The van der Waals surface area contributed by atoms with Crippen molar-refractivity contribution in [2.24, 2.45) is 5.92 Å². The van der Waals surface area contributed by atoms with Gasteiger partial charge in [0.1, 0.15) is 0 Å². The molecule has 1 aromatic rings. The van der Waals surface area contributed by atoms with Crippen LogP contribution in [-0.2, 0) is 0 Å². The second kappa shape index (κ2) is 5.69. The highest BCUT2D eigenvalue weighted by Gasteiger charge is 2.21. The molecule has 0 saturated heterocycles. The number of hydrogen-bond donors (Lipinski definition) is 1. The van der Waals surface area contributed by atoms with Crippen molar-refractivity contribution in [3.63, 3.8) is 0 Å². The molecular weight excluding hydrogens is 216 g/mol. The third kappa shape index (κ3) is 2.98. The Hall–Kier alpha value is -0.540. The third-order valence-electron chi connectivity index (χ3n) is 3.67. The smallest absolute Gasteiger partial charge is 0.0905 e. The van der Waals surface area contributed by atoms with Crippen molar-refractivity contribution in [3.8, 4) is 0 Å². The molecule has 1 aliphatic rings. The highest BCUT2D eigenvalue weighted by molar-refractivity contribution is 7.14. The van der Waals surface area contributed by atoms with Crippen molar-refractivity contribution < 1.29 is 0 Å². The van der Waals surface area contributed by atoms with E-state index in [4.69, 9.17) is 0 Å². The van der Waals surface area contributed by atoms with Crippen LogP contribution in [0.4, 0.5) is 5.00 Å². The van der Waals surface area contributed by atoms with Crippen LogP contribution in [0.15, 0.2) is 17.5 Å². The Labute approximate surface area is 103 Å². The molecule has 0 aliphatic heterocycles. The van der Waals surface area contributed by atoms with E-state index in [1.165, 1.54) is 37.2 Å². The molecule has 0 spiro atoms. The third-order valence-corrected chi connectivity index (χ3v) is 4.65. The normalized spacial score (nSPS) is 25.6. The molecule has 1 N–H and O–H groups in total. The van der Waals surface area contributed by atoms with Crippen LogP contribution >= 0.6 is 11.3 Å². The molecule has 1 aromatic heterocycles. The summed E-state index contributed by atoms with van der Waals surface area (Å²) >= 11 is 1.84. The van der Waals surface area contributed by atoms with E-state index in [0.29, 0.717) is 0 Å². The second-order valence-electron chi connectivity index (χ2n) is 4.84. The molecule has 0 aromatic carbocycles. The van der Waals surface area contributed by atoms with Gasteiger partial charge in [0.15, 0.2) is 0 Å². The van der Waals surface area contributed by atoms with Gasteiger partial charge in [-0.1, -0.05) is 0 Å².